The van der Waals surface area contributed by atoms with Gasteiger partial charge in [-0.3, -0.25) is 0 Å². The lowest BCUT2D eigenvalue weighted by Crippen LogP contribution is -2.05. The van der Waals surface area contributed by atoms with Gasteiger partial charge in [0.2, 0.25) is 0 Å². The molecule has 25 heavy (non-hydrogen) atoms. The number of ether oxygens (including phenoxy) is 1. The Labute approximate surface area is 157 Å². The van der Waals surface area contributed by atoms with Crippen LogP contribution in [-0.2, 0) is 19.4 Å². The number of hydrogen-bond donors (Lipinski definition) is 0. The number of hydrogen-bond acceptors (Lipinski definition) is 4. The molecule has 6 heteroatoms. The summed E-state index contributed by atoms with van der Waals surface area (Å²) in [6.45, 7) is 4.49. The SMILES string of the molecule is Cc1ccc(C)c(OCc2nnc(SCc3ccc(Cl)cc3)n2C)c1. The molecule has 3 rings (SSSR count). The van der Waals surface area contributed by atoms with Crippen molar-refractivity contribution in [2.24, 2.45) is 7.05 Å². The van der Waals surface area contributed by atoms with Gasteiger partial charge >= 0.3 is 0 Å². The van der Waals surface area contributed by atoms with E-state index in [0.717, 1.165) is 33.1 Å². The summed E-state index contributed by atoms with van der Waals surface area (Å²) in [4.78, 5) is 0. The van der Waals surface area contributed by atoms with E-state index < -0.39 is 0 Å². The molecule has 0 bridgehead atoms. The molecule has 3 aromatic rings. The van der Waals surface area contributed by atoms with E-state index in [1.807, 2.05) is 48.9 Å². The van der Waals surface area contributed by atoms with Crippen LogP contribution in [0.3, 0.4) is 0 Å². The standard InChI is InChI=1S/C19H20ClN3OS/c1-13-4-5-14(2)17(10-13)24-11-18-21-22-19(23(18)3)25-12-15-6-8-16(20)9-7-15/h4-10H,11-12H2,1-3H3. The van der Waals surface area contributed by atoms with Gasteiger partial charge in [-0.1, -0.05) is 47.6 Å². The van der Waals surface area contributed by atoms with E-state index in [0.29, 0.717) is 6.61 Å². The zero-order valence-corrected chi connectivity index (χ0v) is 16.1. The minimum atomic E-state index is 0.398. The van der Waals surface area contributed by atoms with Crippen molar-refractivity contribution in [1.29, 1.82) is 0 Å². The first kappa shape index (κ1) is 17.8. The second kappa shape index (κ2) is 7.93. The lowest BCUT2D eigenvalue weighted by Gasteiger charge is -2.10. The lowest BCUT2D eigenvalue weighted by atomic mass is 10.1. The smallest absolute Gasteiger partial charge is 0.191 e. The third-order valence-corrected chi connectivity index (χ3v) is 5.25. The van der Waals surface area contributed by atoms with Gasteiger partial charge in [0, 0.05) is 17.8 Å². The molecule has 0 N–H and O–H groups in total. The molecule has 0 unspecified atom stereocenters. The second-order valence-electron chi connectivity index (χ2n) is 5.93. The fourth-order valence-electron chi connectivity index (χ4n) is 2.33. The van der Waals surface area contributed by atoms with E-state index >= 15 is 0 Å². The van der Waals surface area contributed by atoms with Crippen molar-refractivity contribution in [3.63, 3.8) is 0 Å². The molecule has 0 atom stereocenters. The third kappa shape index (κ3) is 4.55. The number of benzene rings is 2. The topological polar surface area (TPSA) is 39.9 Å². The molecule has 0 aliphatic rings. The number of rotatable bonds is 6. The van der Waals surface area contributed by atoms with Crippen LogP contribution >= 0.6 is 23.4 Å². The summed E-state index contributed by atoms with van der Waals surface area (Å²) in [5.41, 5.74) is 3.49. The number of thioether (sulfide) groups is 1. The summed E-state index contributed by atoms with van der Waals surface area (Å²) in [7, 11) is 1.96. The Hall–Kier alpha value is -1.98. The summed E-state index contributed by atoms with van der Waals surface area (Å²) in [5, 5.41) is 10.1. The molecule has 0 radical (unpaired) electrons. The van der Waals surface area contributed by atoms with Crippen molar-refractivity contribution < 1.29 is 4.74 Å². The van der Waals surface area contributed by atoms with Crippen molar-refractivity contribution in [3.8, 4) is 5.75 Å². The molecule has 0 aliphatic heterocycles. The van der Waals surface area contributed by atoms with Gasteiger partial charge in [-0.2, -0.15) is 0 Å². The molecule has 2 aromatic carbocycles. The first-order chi connectivity index (χ1) is 12.0. The highest BCUT2D eigenvalue weighted by Gasteiger charge is 2.11. The van der Waals surface area contributed by atoms with Gasteiger partial charge in [0.15, 0.2) is 11.0 Å². The Morgan fingerprint density at radius 1 is 1.08 bits per heavy atom. The molecular formula is C19H20ClN3OS. The first-order valence-corrected chi connectivity index (χ1v) is 9.35. The van der Waals surface area contributed by atoms with Gasteiger partial charge < -0.3 is 9.30 Å². The second-order valence-corrected chi connectivity index (χ2v) is 7.31. The van der Waals surface area contributed by atoms with Crippen molar-refractivity contribution in [3.05, 3.63) is 70.0 Å². The van der Waals surface area contributed by atoms with Gasteiger partial charge in [-0.15, -0.1) is 10.2 Å². The molecule has 1 aromatic heterocycles. The Morgan fingerprint density at radius 3 is 2.60 bits per heavy atom. The first-order valence-electron chi connectivity index (χ1n) is 7.98. The van der Waals surface area contributed by atoms with Gasteiger partial charge in [0.1, 0.15) is 12.4 Å². The molecule has 1 heterocycles. The van der Waals surface area contributed by atoms with Gasteiger partial charge in [-0.25, -0.2) is 0 Å². The Balaban J connectivity index is 1.62. The summed E-state index contributed by atoms with van der Waals surface area (Å²) in [5.74, 6) is 2.51. The van der Waals surface area contributed by atoms with Gasteiger partial charge in [0.05, 0.1) is 0 Å². The average Bonchev–Trinajstić information content (AvgIpc) is 2.95. The molecule has 4 nitrogen and oxygen atoms in total. The van der Waals surface area contributed by atoms with Crippen LogP contribution < -0.4 is 4.74 Å². The van der Waals surface area contributed by atoms with E-state index in [1.54, 1.807) is 11.8 Å². The highest BCUT2D eigenvalue weighted by atomic mass is 35.5. The molecule has 0 saturated heterocycles. The number of halogens is 1. The fourth-order valence-corrected chi connectivity index (χ4v) is 3.34. The maximum absolute atomic E-state index is 5.93. The van der Waals surface area contributed by atoms with E-state index in [4.69, 9.17) is 16.3 Å². The average molecular weight is 374 g/mol. The van der Waals surface area contributed by atoms with Crippen LogP contribution in [0.15, 0.2) is 47.6 Å². The van der Waals surface area contributed by atoms with Crippen LogP contribution in [-0.4, -0.2) is 14.8 Å². The monoisotopic (exact) mass is 373 g/mol. The molecule has 0 spiro atoms. The Kier molecular flexibility index (Phi) is 5.66. The Bertz CT molecular complexity index is 862. The van der Waals surface area contributed by atoms with E-state index in [-0.39, 0.29) is 0 Å². The summed E-state index contributed by atoms with van der Waals surface area (Å²) >= 11 is 7.56. The molecular weight excluding hydrogens is 354 g/mol. The zero-order valence-electron chi connectivity index (χ0n) is 14.5. The minimum Gasteiger partial charge on any atom is -0.485 e. The fraction of sp³-hybridized carbons (Fsp3) is 0.263. The molecule has 0 amide bonds. The predicted octanol–water partition coefficient (Wildman–Crippen LogP) is 4.96. The third-order valence-electron chi connectivity index (χ3n) is 3.91. The highest BCUT2D eigenvalue weighted by molar-refractivity contribution is 7.98. The summed E-state index contributed by atoms with van der Waals surface area (Å²) < 4.78 is 7.90. The maximum Gasteiger partial charge on any atom is 0.191 e. The quantitative estimate of drug-likeness (QED) is 0.573. The lowest BCUT2D eigenvalue weighted by molar-refractivity contribution is 0.288. The van der Waals surface area contributed by atoms with E-state index in [2.05, 4.69) is 29.3 Å². The van der Waals surface area contributed by atoms with Crippen LogP contribution in [0.25, 0.3) is 0 Å². The minimum absolute atomic E-state index is 0.398. The van der Waals surface area contributed by atoms with Crippen molar-refractivity contribution in [1.82, 2.24) is 14.8 Å². The van der Waals surface area contributed by atoms with Crippen molar-refractivity contribution >= 4 is 23.4 Å². The van der Waals surface area contributed by atoms with Crippen LogP contribution in [0, 0.1) is 13.8 Å². The Morgan fingerprint density at radius 2 is 1.84 bits per heavy atom. The normalized spacial score (nSPS) is 10.9. The summed E-state index contributed by atoms with van der Waals surface area (Å²) in [6, 6.07) is 14.0. The molecule has 0 fully saturated rings. The van der Waals surface area contributed by atoms with Gasteiger partial charge in [-0.05, 0) is 48.7 Å². The maximum atomic E-state index is 5.93. The number of aryl methyl sites for hydroxylation is 2. The van der Waals surface area contributed by atoms with Crippen LogP contribution in [0.1, 0.15) is 22.5 Å². The van der Waals surface area contributed by atoms with E-state index in [1.165, 1.54) is 11.1 Å². The largest absolute Gasteiger partial charge is 0.485 e. The van der Waals surface area contributed by atoms with Crippen LogP contribution in [0.2, 0.25) is 5.02 Å². The number of nitrogens with zero attached hydrogens (tertiary/aromatic N) is 3. The molecule has 0 aliphatic carbocycles. The van der Waals surface area contributed by atoms with Crippen LogP contribution in [0.4, 0.5) is 0 Å². The molecule has 0 saturated carbocycles. The number of aromatic nitrogens is 3. The molecule has 130 valence electrons. The van der Waals surface area contributed by atoms with Crippen LogP contribution in [0.5, 0.6) is 5.75 Å². The van der Waals surface area contributed by atoms with E-state index in [9.17, 15) is 0 Å². The van der Waals surface area contributed by atoms with Crippen molar-refractivity contribution in [2.45, 2.75) is 31.4 Å². The van der Waals surface area contributed by atoms with Gasteiger partial charge in [0.25, 0.3) is 0 Å². The van der Waals surface area contributed by atoms with Crippen molar-refractivity contribution in [2.75, 3.05) is 0 Å². The summed E-state index contributed by atoms with van der Waals surface area (Å²) in [6.07, 6.45) is 0. The predicted molar refractivity (Wildman–Crippen MR) is 102 cm³/mol. The highest BCUT2D eigenvalue weighted by Crippen LogP contribution is 2.23. The zero-order chi connectivity index (χ0) is 17.8.